The van der Waals surface area contributed by atoms with Crippen LogP contribution in [0, 0.1) is 12.7 Å². The zero-order valence-corrected chi connectivity index (χ0v) is 9.29. The van der Waals surface area contributed by atoms with Gasteiger partial charge in [-0.15, -0.1) is 0 Å². The fourth-order valence-corrected chi connectivity index (χ4v) is 2.49. The maximum atomic E-state index is 13.9. The number of benzene rings is 1. The molecule has 84 valence electrons. The number of aliphatic imine (C=N–C) groups is 1. The van der Waals surface area contributed by atoms with Crippen LogP contribution in [0.4, 0.5) is 4.39 Å². The standard InChI is InChI=1S/C13H14FNO/c1-10-4-5-11(12(14)8-10)13(15-9-16)6-2-3-7-13/h4-5,8H,2-3,6-7H2,1H3. The third-order valence-electron chi connectivity index (χ3n) is 3.32. The molecule has 1 aromatic carbocycles. The Hall–Kier alpha value is -1.47. The van der Waals surface area contributed by atoms with E-state index in [4.69, 9.17) is 0 Å². The van der Waals surface area contributed by atoms with Crippen LogP contribution in [0.3, 0.4) is 0 Å². The van der Waals surface area contributed by atoms with Gasteiger partial charge in [-0.3, -0.25) is 0 Å². The molecule has 0 N–H and O–H groups in total. The number of hydrogen-bond acceptors (Lipinski definition) is 2. The van der Waals surface area contributed by atoms with Gasteiger partial charge in [-0.25, -0.2) is 9.18 Å². The maximum Gasteiger partial charge on any atom is 0.235 e. The van der Waals surface area contributed by atoms with Crippen LogP contribution in [0.1, 0.15) is 36.8 Å². The van der Waals surface area contributed by atoms with Gasteiger partial charge in [-0.1, -0.05) is 25.0 Å². The van der Waals surface area contributed by atoms with E-state index in [1.165, 1.54) is 6.07 Å². The highest BCUT2D eigenvalue weighted by Crippen LogP contribution is 2.43. The average molecular weight is 219 g/mol. The van der Waals surface area contributed by atoms with Crippen LogP contribution in [0.5, 0.6) is 0 Å². The number of nitrogens with zero attached hydrogens (tertiary/aromatic N) is 1. The van der Waals surface area contributed by atoms with Gasteiger partial charge in [0, 0.05) is 5.56 Å². The van der Waals surface area contributed by atoms with Crippen LogP contribution in [0.15, 0.2) is 23.2 Å². The number of rotatable bonds is 2. The quantitative estimate of drug-likeness (QED) is 0.554. The number of isocyanates is 1. The van der Waals surface area contributed by atoms with Crippen LogP contribution >= 0.6 is 0 Å². The van der Waals surface area contributed by atoms with Crippen molar-refractivity contribution in [1.82, 2.24) is 0 Å². The highest BCUT2D eigenvalue weighted by molar-refractivity contribution is 5.39. The second kappa shape index (κ2) is 4.18. The molecule has 0 radical (unpaired) electrons. The predicted molar refractivity (Wildman–Crippen MR) is 59.4 cm³/mol. The molecule has 1 aromatic rings. The lowest BCUT2D eigenvalue weighted by Gasteiger charge is -2.23. The Morgan fingerprint density at radius 3 is 2.62 bits per heavy atom. The van der Waals surface area contributed by atoms with Crippen LogP contribution < -0.4 is 0 Å². The summed E-state index contributed by atoms with van der Waals surface area (Å²) in [6.07, 6.45) is 5.04. The van der Waals surface area contributed by atoms with Gasteiger partial charge in [0.15, 0.2) is 0 Å². The van der Waals surface area contributed by atoms with E-state index >= 15 is 0 Å². The topological polar surface area (TPSA) is 29.4 Å². The van der Waals surface area contributed by atoms with E-state index in [0.717, 1.165) is 31.2 Å². The maximum absolute atomic E-state index is 13.9. The molecule has 0 saturated heterocycles. The van der Waals surface area contributed by atoms with E-state index in [0.29, 0.717) is 5.56 Å². The molecule has 0 bridgehead atoms. The molecule has 0 atom stereocenters. The van der Waals surface area contributed by atoms with Gasteiger partial charge >= 0.3 is 0 Å². The van der Waals surface area contributed by atoms with E-state index in [2.05, 4.69) is 4.99 Å². The van der Waals surface area contributed by atoms with Crippen LogP contribution in [-0.4, -0.2) is 6.08 Å². The number of carbonyl (C=O) groups excluding carboxylic acids is 1. The molecule has 0 aliphatic heterocycles. The molecule has 0 aromatic heterocycles. The van der Waals surface area contributed by atoms with Gasteiger partial charge in [0.1, 0.15) is 11.4 Å². The van der Waals surface area contributed by atoms with E-state index in [-0.39, 0.29) is 5.82 Å². The van der Waals surface area contributed by atoms with Crippen molar-refractivity contribution in [2.24, 2.45) is 4.99 Å². The highest BCUT2D eigenvalue weighted by atomic mass is 19.1. The van der Waals surface area contributed by atoms with Gasteiger partial charge < -0.3 is 0 Å². The molecule has 16 heavy (non-hydrogen) atoms. The van der Waals surface area contributed by atoms with Gasteiger partial charge in [0.05, 0.1) is 0 Å². The van der Waals surface area contributed by atoms with Gasteiger partial charge in [0.2, 0.25) is 6.08 Å². The van der Waals surface area contributed by atoms with Crippen molar-refractivity contribution in [1.29, 1.82) is 0 Å². The van der Waals surface area contributed by atoms with Crippen molar-refractivity contribution in [2.75, 3.05) is 0 Å². The lowest BCUT2D eigenvalue weighted by Crippen LogP contribution is -2.20. The molecule has 2 rings (SSSR count). The van der Waals surface area contributed by atoms with Crippen LogP contribution in [0.25, 0.3) is 0 Å². The Morgan fingerprint density at radius 1 is 1.38 bits per heavy atom. The normalized spacial score (nSPS) is 18.1. The van der Waals surface area contributed by atoms with Crippen molar-refractivity contribution in [3.05, 3.63) is 35.1 Å². The summed E-state index contributed by atoms with van der Waals surface area (Å²) in [6, 6.07) is 5.10. The minimum absolute atomic E-state index is 0.263. The van der Waals surface area contributed by atoms with Crippen molar-refractivity contribution < 1.29 is 9.18 Å². The van der Waals surface area contributed by atoms with E-state index in [9.17, 15) is 9.18 Å². The third kappa shape index (κ3) is 1.79. The Balaban J connectivity index is 2.51. The van der Waals surface area contributed by atoms with Gasteiger partial charge in [0.25, 0.3) is 0 Å². The molecule has 2 nitrogen and oxygen atoms in total. The molecule has 0 spiro atoms. The Bertz CT molecular complexity index is 443. The van der Waals surface area contributed by atoms with E-state index < -0.39 is 5.54 Å². The van der Waals surface area contributed by atoms with Gasteiger partial charge in [-0.2, -0.15) is 4.99 Å². The van der Waals surface area contributed by atoms with Crippen molar-refractivity contribution in [3.63, 3.8) is 0 Å². The molecule has 1 saturated carbocycles. The fraction of sp³-hybridized carbons (Fsp3) is 0.462. The molecule has 0 heterocycles. The summed E-state index contributed by atoms with van der Waals surface area (Å²) in [6.45, 7) is 1.84. The van der Waals surface area contributed by atoms with Crippen LogP contribution in [-0.2, 0) is 10.3 Å². The third-order valence-corrected chi connectivity index (χ3v) is 3.32. The second-order valence-electron chi connectivity index (χ2n) is 4.43. The summed E-state index contributed by atoms with van der Waals surface area (Å²) in [5.74, 6) is -0.263. The number of halogens is 1. The van der Waals surface area contributed by atoms with Crippen molar-refractivity contribution >= 4 is 6.08 Å². The lowest BCUT2D eigenvalue weighted by molar-refractivity contribution is 0.430. The first-order valence-electron chi connectivity index (χ1n) is 5.54. The zero-order chi connectivity index (χ0) is 11.6. The summed E-state index contributed by atoms with van der Waals surface area (Å²) in [4.78, 5) is 14.4. The summed E-state index contributed by atoms with van der Waals surface area (Å²) < 4.78 is 13.9. The minimum atomic E-state index is -0.653. The molecule has 3 heteroatoms. The molecular weight excluding hydrogens is 205 g/mol. The lowest BCUT2D eigenvalue weighted by atomic mass is 9.88. The first kappa shape index (κ1) is 11.0. The SMILES string of the molecule is Cc1ccc(C2(N=C=O)CCCC2)c(F)c1. The first-order chi connectivity index (χ1) is 7.68. The second-order valence-corrected chi connectivity index (χ2v) is 4.43. The largest absolute Gasteiger partial charge is 0.235 e. The smallest absolute Gasteiger partial charge is 0.211 e. The Morgan fingerprint density at radius 2 is 2.06 bits per heavy atom. The summed E-state index contributed by atoms with van der Waals surface area (Å²) in [5, 5.41) is 0. The summed E-state index contributed by atoms with van der Waals surface area (Å²) in [7, 11) is 0. The Labute approximate surface area is 94.2 Å². The van der Waals surface area contributed by atoms with Gasteiger partial charge in [-0.05, 0) is 31.4 Å². The predicted octanol–water partition coefficient (Wildman–Crippen LogP) is 3.24. The zero-order valence-electron chi connectivity index (χ0n) is 9.29. The number of aryl methyl sites for hydroxylation is 1. The molecule has 1 fully saturated rings. The minimum Gasteiger partial charge on any atom is -0.211 e. The molecule has 0 unspecified atom stereocenters. The summed E-state index contributed by atoms with van der Waals surface area (Å²) in [5.41, 5.74) is 0.767. The number of hydrogen-bond donors (Lipinski definition) is 0. The molecule has 1 aliphatic rings. The van der Waals surface area contributed by atoms with Crippen LogP contribution in [0.2, 0.25) is 0 Å². The highest BCUT2D eigenvalue weighted by Gasteiger charge is 2.37. The molecule has 1 aliphatic carbocycles. The monoisotopic (exact) mass is 219 g/mol. The Kier molecular flexibility index (Phi) is 2.88. The molecular formula is C13H14FNO. The summed E-state index contributed by atoms with van der Waals surface area (Å²) >= 11 is 0. The fourth-order valence-electron chi connectivity index (χ4n) is 2.49. The van der Waals surface area contributed by atoms with Crippen molar-refractivity contribution in [3.8, 4) is 0 Å². The van der Waals surface area contributed by atoms with E-state index in [1.807, 2.05) is 13.0 Å². The first-order valence-corrected chi connectivity index (χ1v) is 5.54. The average Bonchev–Trinajstić information content (AvgIpc) is 2.67. The van der Waals surface area contributed by atoms with E-state index in [1.54, 1.807) is 12.1 Å². The molecule has 0 amide bonds. The van der Waals surface area contributed by atoms with Crippen molar-refractivity contribution in [2.45, 2.75) is 38.1 Å².